The van der Waals surface area contributed by atoms with Crippen LogP contribution in [0.15, 0.2) is 35.3 Å². The smallest absolute Gasteiger partial charge is 0.191 e. The lowest BCUT2D eigenvalue weighted by Gasteiger charge is -2.26. The highest BCUT2D eigenvalue weighted by Gasteiger charge is 2.10. The Morgan fingerprint density at radius 3 is 2.40 bits per heavy atom. The maximum Gasteiger partial charge on any atom is 0.191 e. The van der Waals surface area contributed by atoms with Gasteiger partial charge in [0, 0.05) is 32.2 Å². The third-order valence-electron chi connectivity index (χ3n) is 3.24. The van der Waals surface area contributed by atoms with Crippen molar-refractivity contribution in [3.8, 4) is 0 Å². The van der Waals surface area contributed by atoms with Crippen molar-refractivity contribution in [1.29, 1.82) is 0 Å². The van der Waals surface area contributed by atoms with Gasteiger partial charge in [0.1, 0.15) is 0 Å². The third kappa shape index (κ3) is 6.06. The largest absolute Gasteiger partial charge is 0.355 e. The van der Waals surface area contributed by atoms with Gasteiger partial charge in [0.25, 0.3) is 0 Å². The van der Waals surface area contributed by atoms with E-state index in [-0.39, 0.29) is 0 Å². The van der Waals surface area contributed by atoms with E-state index < -0.39 is 0 Å². The Morgan fingerprint density at radius 2 is 1.85 bits per heavy atom. The molecule has 0 aliphatic carbocycles. The molecule has 4 nitrogen and oxygen atoms in total. The minimum absolute atomic E-state index is 0.388. The molecule has 1 unspecified atom stereocenters. The number of aliphatic imine (C=N–C) groups is 1. The fourth-order valence-corrected chi connectivity index (χ4v) is 1.90. The van der Waals surface area contributed by atoms with Gasteiger partial charge >= 0.3 is 0 Å². The van der Waals surface area contributed by atoms with E-state index in [1.807, 2.05) is 0 Å². The molecule has 0 fully saturated rings. The predicted octanol–water partition coefficient (Wildman–Crippen LogP) is 2.08. The van der Waals surface area contributed by atoms with Gasteiger partial charge in [-0.15, -0.1) is 0 Å². The van der Waals surface area contributed by atoms with Crippen LogP contribution in [0, 0.1) is 0 Å². The molecule has 1 aromatic rings. The molecule has 0 spiro atoms. The zero-order chi connectivity index (χ0) is 15.0. The van der Waals surface area contributed by atoms with Gasteiger partial charge < -0.3 is 10.6 Å². The summed E-state index contributed by atoms with van der Waals surface area (Å²) in [6, 6.07) is 11.4. The van der Waals surface area contributed by atoms with E-state index in [0.717, 1.165) is 19.0 Å². The lowest BCUT2D eigenvalue weighted by Crippen LogP contribution is -2.46. The molecular formula is C16H28N4. The van der Waals surface area contributed by atoms with Gasteiger partial charge in [-0.25, -0.2) is 0 Å². The van der Waals surface area contributed by atoms with Crippen LogP contribution >= 0.6 is 0 Å². The first-order valence-electron chi connectivity index (χ1n) is 7.24. The number of likely N-dealkylation sites (N-methyl/N-ethyl adjacent to an activating group) is 1. The fraction of sp³-hybridized carbons (Fsp3) is 0.562. The molecule has 0 saturated carbocycles. The van der Waals surface area contributed by atoms with E-state index >= 15 is 0 Å². The quantitative estimate of drug-likeness (QED) is 0.617. The zero-order valence-corrected chi connectivity index (χ0v) is 13.4. The summed E-state index contributed by atoms with van der Waals surface area (Å²) in [6.07, 6.45) is 0. The van der Waals surface area contributed by atoms with Crippen molar-refractivity contribution in [2.24, 2.45) is 4.99 Å². The average molecular weight is 276 g/mol. The topological polar surface area (TPSA) is 39.7 Å². The summed E-state index contributed by atoms with van der Waals surface area (Å²) in [7, 11) is 3.95. The van der Waals surface area contributed by atoms with Gasteiger partial charge in [0.15, 0.2) is 5.96 Å². The minimum Gasteiger partial charge on any atom is -0.355 e. The molecule has 0 aliphatic heterocycles. The summed E-state index contributed by atoms with van der Waals surface area (Å²) in [6.45, 7) is 8.27. The lowest BCUT2D eigenvalue weighted by molar-refractivity contribution is 0.249. The maximum absolute atomic E-state index is 4.22. The molecule has 0 amide bonds. The van der Waals surface area contributed by atoms with Crippen LogP contribution in [-0.4, -0.2) is 43.6 Å². The Hall–Kier alpha value is -1.55. The normalized spacial score (nSPS) is 13.7. The van der Waals surface area contributed by atoms with Crippen LogP contribution in [-0.2, 0) is 6.54 Å². The number of nitrogens with one attached hydrogen (secondary N) is 2. The van der Waals surface area contributed by atoms with Crippen molar-refractivity contribution in [3.05, 3.63) is 35.9 Å². The van der Waals surface area contributed by atoms with Gasteiger partial charge in [-0.2, -0.15) is 0 Å². The monoisotopic (exact) mass is 276 g/mol. The summed E-state index contributed by atoms with van der Waals surface area (Å²) in [5, 5.41) is 6.66. The molecule has 0 radical (unpaired) electrons. The number of benzene rings is 1. The molecular weight excluding hydrogens is 248 g/mol. The van der Waals surface area contributed by atoms with E-state index in [2.05, 4.69) is 78.7 Å². The van der Waals surface area contributed by atoms with Crippen molar-refractivity contribution in [2.75, 3.05) is 20.6 Å². The van der Waals surface area contributed by atoms with Crippen molar-refractivity contribution in [2.45, 2.75) is 39.4 Å². The highest BCUT2D eigenvalue weighted by Crippen LogP contribution is 2.05. The number of guanidine groups is 1. The Labute approximate surface area is 123 Å². The van der Waals surface area contributed by atoms with Crippen LogP contribution in [0.1, 0.15) is 26.3 Å². The second kappa shape index (κ2) is 8.59. The molecule has 4 heteroatoms. The van der Waals surface area contributed by atoms with Gasteiger partial charge in [0.05, 0.1) is 0 Å². The van der Waals surface area contributed by atoms with Crippen LogP contribution in [0.3, 0.4) is 0 Å². The summed E-state index contributed by atoms with van der Waals surface area (Å²) >= 11 is 0. The van der Waals surface area contributed by atoms with Crippen LogP contribution in [0.2, 0.25) is 0 Å². The number of rotatable bonds is 6. The lowest BCUT2D eigenvalue weighted by atomic mass is 10.2. The molecule has 2 N–H and O–H groups in total. The summed E-state index contributed by atoms with van der Waals surface area (Å²) in [5.41, 5.74) is 1.34. The molecule has 0 saturated heterocycles. The van der Waals surface area contributed by atoms with Gasteiger partial charge in [0.2, 0.25) is 0 Å². The van der Waals surface area contributed by atoms with Crippen LogP contribution in [0.5, 0.6) is 0 Å². The van der Waals surface area contributed by atoms with Crippen molar-refractivity contribution >= 4 is 5.96 Å². The molecule has 0 bridgehead atoms. The van der Waals surface area contributed by atoms with Crippen molar-refractivity contribution < 1.29 is 0 Å². The first-order valence-corrected chi connectivity index (χ1v) is 7.24. The fourth-order valence-electron chi connectivity index (χ4n) is 1.90. The summed E-state index contributed by atoms with van der Waals surface area (Å²) < 4.78 is 0. The van der Waals surface area contributed by atoms with E-state index in [9.17, 15) is 0 Å². The molecule has 20 heavy (non-hydrogen) atoms. The van der Waals surface area contributed by atoms with Crippen LogP contribution in [0.4, 0.5) is 0 Å². The second-order valence-corrected chi connectivity index (χ2v) is 5.50. The predicted molar refractivity (Wildman–Crippen MR) is 87.0 cm³/mol. The Morgan fingerprint density at radius 1 is 1.20 bits per heavy atom. The minimum atomic E-state index is 0.388. The molecule has 1 rings (SSSR count). The van der Waals surface area contributed by atoms with Crippen LogP contribution in [0.25, 0.3) is 0 Å². The Kier molecular flexibility index (Phi) is 7.09. The summed E-state index contributed by atoms with van der Waals surface area (Å²) in [5.74, 6) is 0.861. The van der Waals surface area contributed by atoms with Gasteiger partial charge in [-0.1, -0.05) is 30.3 Å². The SMILES string of the molecule is CN=C(NCC(C)N(C)Cc1ccccc1)NC(C)C. The molecule has 0 heterocycles. The highest BCUT2D eigenvalue weighted by molar-refractivity contribution is 5.79. The molecule has 1 atom stereocenters. The van der Waals surface area contributed by atoms with E-state index in [1.165, 1.54) is 5.56 Å². The standard InChI is InChI=1S/C16H28N4/c1-13(2)19-16(17-4)18-11-14(3)20(5)12-15-9-7-6-8-10-15/h6-10,13-14H,11-12H2,1-5H3,(H2,17,18,19). The molecule has 0 aliphatic rings. The molecule has 0 aromatic heterocycles. The highest BCUT2D eigenvalue weighted by atomic mass is 15.2. The third-order valence-corrected chi connectivity index (χ3v) is 3.24. The van der Waals surface area contributed by atoms with E-state index in [0.29, 0.717) is 12.1 Å². The van der Waals surface area contributed by atoms with E-state index in [4.69, 9.17) is 0 Å². The Bertz CT molecular complexity index is 400. The second-order valence-electron chi connectivity index (χ2n) is 5.50. The number of hydrogen-bond donors (Lipinski definition) is 2. The summed E-state index contributed by atoms with van der Waals surface area (Å²) in [4.78, 5) is 6.56. The van der Waals surface area contributed by atoms with Crippen LogP contribution < -0.4 is 10.6 Å². The zero-order valence-electron chi connectivity index (χ0n) is 13.4. The first kappa shape index (κ1) is 16.5. The van der Waals surface area contributed by atoms with Crippen molar-refractivity contribution in [3.63, 3.8) is 0 Å². The van der Waals surface area contributed by atoms with Gasteiger partial charge in [-0.05, 0) is 33.4 Å². The van der Waals surface area contributed by atoms with Gasteiger partial charge in [-0.3, -0.25) is 9.89 Å². The number of hydrogen-bond acceptors (Lipinski definition) is 2. The molecule has 1 aromatic carbocycles. The average Bonchev–Trinajstić information content (AvgIpc) is 2.43. The van der Waals surface area contributed by atoms with Crippen molar-refractivity contribution in [1.82, 2.24) is 15.5 Å². The molecule has 112 valence electrons. The maximum atomic E-state index is 4.22. The number of nitrogens with zero attached hydrogens (tertiary/aromatic N) is 2. The Balaban J connectivity index is 2.40. The first-order chi connectivity index (χ1) is 9.52. The van der Waals surface area contributed by atoms with E-state index in [1.54, 1.807) is 7.05 Å².